The summed E-state index contributed by atoms with van der Waals surface area (Å²) in [5.74, 6) is 3.85. The fraction of sp³-hybridized carbons (Fsp3) is 0.739. The summed E-state index contributed by atoms with van der Waals surface area (Å²) >= 11 is 0. The van der Waals surface area contributed by atoms with Gasteiger partial charge in [0.2, 0.25) is 0 Å². The first-order valence-electron chi connectivity index (χ1n) is 10.2. The Balaban J connectivity index is 0.000000753. The minimum atomic E-state index is 0.551. The van der Waals surface area contributed by atoms with Crippen LogP contribution in [0.4, 0.5) is 0 Å². The number of fused-ring (bicyclic) bond motifs is 5. The van der Waals surface area contributed by atoms with Crippen molar-refractivity contribution in [1.29, 1.82) is 0 Å². The van der Waals surface area contributed by atoms with Gasteiger partial charge < -0.3 is 0 Å². The number of hydrogen-bond acceptors (Lipinski definition) is 0. The summed E-state index contributed by atoms with van der Waals surface area (Å²) in [6.07, 6.45) is 16.1. The van der Waals surface area contributed by atoms with Crippen LogP contribution in [-0.2, 0) is 0 Å². The van der Waals surface area contributed by atoms with Gasteiger partial charge in [-0.2, -0.15) is 0 Å². The molecule has 0 amide bonds. The van der Waals surface area contributed by atoms with Gasteiger partial charge in [0.1, 0.15) is 0 Å². The molecular formula is C23H36. The van der Waals surface area contributed by atoms with Crippen molar-refractivity contribution >= 4 is 0 Å². The molecule has 5 unspecified atom stereocenters. The summed E-state index contributed by atoms with van der Waals surface area (Å²) in [5.41, 5.74) is 5.48. The predicted molar refractivity (Wildman–Crippen MR) is 101 cm³/mol. The molecule has 0 aromatic carbocycles. The molecule has 0 saturated heterocycles. The lowest BCUT2D eigenvalue weighted by Gasteiger charge is -2.53. The van der Waals surface area contributed by atoms with Crippen LogP contribution in [0.3, 0.4) is 0 Å². The van der Waals surface area contributed by atoms with E-state index < -0.39 is 0 Å². The van der Waals surface area contributed by atoms with Gasteiger partial charge in [0.05, 0.1) is 0 Å². The molecule has 0 nitrogen and oxygen atoms in total. The molecule has 4 aliphatic carbocycles. The average molecular weight is 313 g/mol. The number of hydrogen-bond donors (Lipinski definition) is 0. The Labute approximate surface area is 144 Å². The maximum Gasteiger partial charge on any atom is -0.00824 e. The molecule has 0 aromatic heterocycles. The Bertz CT molecular complexity index is 520. The average Bonchev–Trinajstić information content (AvgIpc) is 2.92. The second kappa shape index (κ2) is 6.61. The van der Waals surface area contributed by atoms with Gasteiger partial charge in [-0.15, -0.1) is 0 Å². The van der Waals surface area contributed by atoms with Gasteiger partial charge in [-0.1, -0.05) is 63.1 Å². The molecule has 4 rings (SSSR count). The molecule has 2 fully saturated rings. The van der Waals surface area contributed by atoms with E-state index in [2.05, 4.69) is 32.6 Å². The summed E-state index contributed by atoms with van der Waals surface area (Å²) in [6, 6.07) is 0. The molecular weight excluding hydrogens is 276 g/mol. The van der Waals surface area contributed by atoms with E-state index >= 15 is 0 Å². The first-order valence-corrected chi connectivity index (χ1v) is 10.2. The Morgan fingerprint density at radius 2 is 1.91 bits per heavy atom. The van der Waals surface area contributed by atoms with Gasteiger partial charge in [-0.3, -0.25) is 0 Å². The third-order valence-electron chi connectivity index (χ3n) is 7.54. The van der Waals surface area contributed by atoms with Gasteiger partial charge in [0, 0.05) is 0 Å². The monoisotopic (exact) mass is 312 g/mol. The second-order valence-corrected chi connectivity index (χ2v) is 8.27. The lowest BCUT2D eigenvalue weighted by Crippen LogP contribution is -2.45. The fourth-order valence-corrected chi connectivity index (χ4v) is 6.48. The topological polar surface area (TPSA) is 0 Å². The van der Waals surface area contributed by atoms with Crippen molar-refractivity contribution in [2.75, 3.05) is 0 Å². The molecule has 128 valence electrons. The maximum absolute atomic E-state index is 4.21. The minimum absolute atomic E-state index is 0.551. The highest BCUT2D eigenvalue weighted by Gasteiger charge is 2.52. The van der Waals surface area contributed by atoms with Crippen molar-refractivity contribution in [3.63, 3.8) is 0 Å². The number of allylic oxidation sites excluding steroid dienone is 5. The highest BCUT2D eigenvalue weighted by Crippen LogP contribution is 2.62. The predicted octanol–water partition coefficient (Wildman–Crippen LogP) is 7.09. The highest BCUT2D eigenvalue weighted by atomic mass is 14.6. The van der Waals surface area contributed by atoms with E-state index in [-0.39, 0.29) is 0 Å². The zero-order chi connectivity index (χ0) is 16.6. The maximum atomic E-state index is 4.21. The van der Waals surface area contributed by atoms with Crippen LogP contribution in [0.25, 0.3) is 0 Å². The quantitative estimate of drug-likeness (QED) is 0.453. The standard InChI is InChI=1S/C21H30.C2H6/c1-4-16-7-10-20-19-9-6-15-13-14(2)5-8-17(15)18(19)11-12-21(16,20)3;1-2/h7,13,17-20H,2,4-6,8-12H2,1,3H3;1-2H3. The van der Waals surface area contributed by atoms with E-state index in [1.807, 2.05) is 13.8 Å². The van der Waals surface area contributed by atoms with Crippen LogP contribution in [0.1, 0.15) is 79.1 Å². The molecule has 4 aliphatic rings. The van der Waals surface area contributed by atoms with Crippen LogP contribution >= 0.6 is 0 Å². The zero-order valence-corrected chi connectivity index (χ0v) is 15.8. The largest absolute Gasteiger partial charge is 0.0958 e. The van der Waals surface area contributed by atoms with Crippen LogP contribution in [0.5, 0.6) is 0 Å². The van der Waals surface area contributed by atoms with Crippen LogP contribution in [-0.4, -0.2) is 0 Å². The summed E-state index contributed by atoms with van der Waals surface area (Å²) in [7, 11) is 0. The van der Waals surface area contributed by atoms with E-state index in [4.69, 9.17) is 0 Å². The molecule has 0 aliphatic heterocycles. The van der Waals surface area contributed by atoms with E-state index in [0.29, 0.717) is 5.41 Å². The first kappa shape index (κ1) is 17.1. The zero-order valence-electron chi connectivity index (χ0n) is 15.8. The van der Waals surface area contributed by atoms with Crippen LogP contribution in [0, 0.1) is 29.1 Å². The SMILES string of the molecule is C=C1C=C2CCC3C(CCC4(C)C(CC)=CCC34)C2CC1.CC. The summed E-state index contributed by atoms with van der Waals surface area (Å²) in [4.78, 5) is 0. The van der Waals surface area contributed by atoms with E-state index in [9.17, 15) is 0 Å². The molecule has 23 heavy (non-hydrogen) atoms. The van der Waals surface area contributed by atoms with Crippen molar-refractivity contribution in [2.45, 2.75) is 79.1 Å². The van der Waals surface area contributed by atoms with Crippen LogP contribution in [0.2, 0.25) is 0 Å². The molecule has 0 N–H and O–H groups in total. The summed E-state index contributed by atoms with van der Waals surface area (Å²) < 4.78 is 0. The Morgan fingerprint density at radius 1 is 1.13 bits per heavy atom. The van der Waals surface area contributed by atoms with Crippen molar-refractivity contribution in [3.8, 4) is 0 Å². The molecule has 0 aromatic rings. The molecule has 0 radical (unpaired) electrons. The lowest BCUT2D eigenvalue weighted by atomic mass is 9.51. The lowest BCUT2D eigenvalue weighted by molar-refractivity contribution is 0.00917. The van der Waals surface area contributed by atoms with Gasteiger partial charge in [0.25, 0.3) is 0 Å². The van der Waals surface area contributed by atoms with E-state index in [1.54, 1.807) is 11.1 Å². The fourth-order valence-electron chi connectivity index (χ4n) is 6.48. The molecule has 0 heterocycles. The number of rotatable bonds is 1. The van der Waals surface area contributed by atoms with Crippen molar-refractivity contribution in [1.82, 2.24) is 0 Å². The Hall–Kier alpha value is -0.780. The molecule has 5 atom stereocenters. The van der Waals surface area contributed by atoms with Gasteiger partial charge in [-0.05, 0) is 80.5 Å². The Kier molecular flexibility index (Phi) is 4.90. The summed E-state index contributed by atoms with van der Waals surface area (Å²) in [5, 5.41) is 0. The van der Waals surface area contributed by atoms with Gasteiger partial charge in [-0.25, -0.2) is 0 Å². The Morgan fingerprint density at radius 3 is 2.65 bits per heavy atom. The molecule has 0 spiro atoms. The van der Waals surface area contributed by atoms with Gasteiger partial charge >= 0.3 is 0 Å². The van der Waals surface area contributed by atoms with E-state index in [0.717, 1.165) is 23.7 Å². The normalized spacial score (nSPS) is 41.7. The molecule has 0 bridgehead atoms. The molecule has 2 saturated carbocycles. The van der Waals surface area contributed by atoms with Crippen molar-refractivity contribution < 1.29 is 0 Å². The third kappa shape index (κ3) is 2.67. The third-order valence-corrected chi connectivity index (χ3v) is 7.54. The summed E-state index contributed by atoms with van der Waals surface area (Å²) in [6.45, 7) is 13.2. The van der Waals surface area contributed by atoms with Crippen LogP contribution < -0.4 is 0 Å². The van der Waals surface area contributed by atoms with Gasteiger partial charge in [0.15, 0.2) is 0 Å². The van der Waals surface area contributed by atoms with E-state index in [1.165, 1.54) is 56.9 Å². The smallest absolute Gasteiger partial charge is 0.00824 e. The van der Waals surface area contributed by atoms with Crippen molar-refractivity contribution in [3.05, 3.63) is 35.5 Å². The highest BCUT2D eigenvalue weighted by molar-refractivity contribution is 5.31. The minimum Gasteiger partial charge on any atom is -0.0958 e. The molecule has 0 heteroatoms. The van der Waals surface area contributed by atoms with Crippen LogP contribution in [0.15, 0.2) is 35.5 Å². The first-order chi connectivity index (χ1) is 11.1. The van der Waals surface area contributed by atoms with Crippen molar-refractivity contribution in [2.24, 2.45) is 29.1 Å². The second-order valence-electron chi connectivity index (χ2n) is 8.27.